The molecule has 118 valence electrons. The van der Waals surface area contributed by atoms with Gasteiger partial charge in [-0.05, 0) is 25.0 Å². The highest BCUT2D eigenvalue weighted by Gasteiger charge is 2.31. The number of amides is 1. The first-order valence-corrected chi connectivity index (χ1v) is 8.94. The van der Waals surface area contributed by atoms with E-state index in [1.54, 1.807) is 11.3 Å². The third kappa shape index (κ3) is 2.80. The molecule has 0 aromatic carbocycles. The number of hydrogen-bond acceptors (Lipinski definition) is 5. The summed E-state index contributed by atoms with van der Waals surface area (Å²) in [5.41, 5.74) is 2.39. The van der Waals surface area contributed by atoms with Crippen molar-refractivity contribution in [1.29, 1.82) is 0 Å². The molecule has 0 saturated carbocycles. The number of hydrogen-bond donors (Lipinski definition) is 1. The fourth-order valence-corrected chi connectivity index (χ4v) is 4.66. The largest absolute Gasteiger partial charge is 0.338 e. The van der Waals surface area contributed by atoms with Crippen LogP contribution in [-0.2, 0) is 17.8 Å². The highest BCUT2D eigenvalue weighted by atomic mass is 35.5. The Bertz CT molecular complexity index is 693. The van der Waals surface area contributed by atoms with Crippen LogP contribution < -0.4 is 5.32 Å². The fourth-order valence-electron chi connectivity index (χ4n) is 2.85. The van der Waals surface area contributed by atoms with Crippen LogP contribution in [0.25, 0.3) is 10.6 Å². The third-order valence-corrected chi connectivity index (χ3v) is 6.21. The van der Waals surface area contributed by atoms with Gasteiger partial charge in [-0.1, -0.05) is 0 Å². The second kappa shape index (κ2) is 6.28. The summed E-state index contributed by atoms with van der Waals surface area (Å²) in [4.78, 5) is 21.6. The van der Waals surface area contributed by atoms with Gasteiger partial charge in [0, 0.05) is 36.4 Å². The van der Waals surface area contributed by atoms with E-state index in [0.29, 0.717) is 5.91 Å². The number of nitrogens with zero attached hydrogens (tertiary/aromatic N) is 2. The average molecular weight is 356 g/mol. The Morgan fingerprint density at radius 2 is 2.27 bits per heavy atom. The van der Waals surface area contributed by atoms with Crippen LogP contribution >= 0.6 is 35.1 Å². The Balaban J connectivity index is 0.00000144. The lowest BCUT2D eigenvalue weighted by Gasteiger charge is -2.34. The van der Waals surface area contributed by atoms with Crippen molar-refractivity contribution in [3.8, 4) is 10.6 Å². The molecule has 1 saturated heterocycles. The molecule has 0 atom stereocenters. The summed E-state index contributed by atoms with van der Waals surface area (Å²) in [5.74, 6) is 0.516. The lowest BCUT2D eigenvalue weighted by Crippen LogP contribution is -2.52. The van der Waals surface area contributed by atoms with Gasteiger partial charge in [-0.25, -0.2) is 4.98 Å². The summed E-state index contributed by atoms with van der Waals surface area (Å²) in [5, 5.41) is 6.40. The van der Waals surface area contributed by atoms with Crippen molar-refractivity contribution in [1.82, 2.24) is 15.2 Å². The van der Waals surface area contributed by atoms with Gasteiger partial charge in [0.15, 0.2) is 0 Å². The molecule has 1 amide bonds. The van der Waals surface area contributed by atoms with Gasteiger partial charge in [0.05, 0.1) is 21.5 Å². The number of aromatic nitrogens is 1. The molecule has 0 bridgehead atoms. The second-order valence-electron chi connectivity index (χ2n) is 5.68. The normalized spacial score (nSPS) is 17.6. The number of nitrogens with one attached hydrogen (secondary N) is 1. The van der Waals surface area contributed by atoms with Gasteiger partial charge in [-0.15, -0.1) is 35.1 Å². The van der Waals surface area contributed by atoms with Crippen LogP contribution in [-0.4, -0.2) is 35.4 Å². The molecule has 2 aliphatic rings. The lowest BCUT2D eigenvalue weighted by atomic mass is 9.99. The molecule has 4 nitrogen and oxygen atoms in total. The van der Waals surface area contributed by atoms with Crippen molar-refractivity contribution in [2.75, 3.05) is 19.6 Å². The van der Waals surface area contributed by atoms with E-state index in [1.165, 1.54) is 15.3 Å². The molecule has 2 aliphatic heterocycles. The van der Waals surface area contributed by atoms with Crippen LogP contribution in [0.2, 0.25) is 0 Å². The maximum absolute atomic E-state index is 12.3. The Hall–Kier alpha value is -0.950. The summed E-state index contributed by atoms with van der Waals surface area (Å²) >= 11 is 3.53. The van der Waals surface area contributed by atoms with E-state index in [9.17, 15) is 4.79 Å². The maximum atomic E-state index is 12.3. The molecular weight excluding hydrogens is 338 g/mol. The summed E-state index contributed by atoms with van der Waals surface area (Å²) in [6, 6.07) is 2.23. The van der Waals surface area contributed by atoms with Crippen molar-refractivity contribution in [2.45, 2.75) is 19.9 Å². The topological polar surface area (TPSA) is 45.2 Å². The number of rotatable bonds is 2. The zero-order chi connectivity index (χ0) is 14.4. The molecule has 7 heteroatoms. The Morgan fingerprint density at radius 1 is 1.45 bits per heavy atom. The van der Waals surface area contributed by atoms with Crippen LogP contribution in [0.3, 0.4) is 0 Å². The predicted molar refractivity (Wildman–Crippen MR) is 92.9 cm³/mol. The van der Waals surface area contributed by atoms with Crippen LogP contribution in [0.15, 0.2) is 11.4 Å². The number of carbonyl (C=O) groups is 1. The van der Waals surface area contributed by atoms with E-state index >= 15 is 0 Å². The minimum atomic E-state index is 0. The number of fused-ring (bicyclic) bond motifs is 1. The summed E-state index contributed by atoms with van der Waals surface area (Å²) in [6.45, 7) is 5.35. The van der Waals surface area contributed by atoms with E-state index in [4.69, 9.17) is 0 Å². The molecule has 1 fully saturated rings. The first-order valence-electron chi connectivity index (χ1n) is 7.24. The van der Waals surface area contributed by atoms with Gasteiger partial charge in [0.2, 0.25) is 5.91 Å². The van der Waals surface area contributed by atoms with Crippen LogP contribution in [0, 0.1) is 12.8 Å². The zero-order valence-electron chi connectivity index (χ0n) is 12.3. The molecule has 2 aromatic heterocycles. The Labute approximate surface area is 144 Å². The van der Waals surface area contributed by atoms with Gasteiger partial charge in [0.1, 0.15) is 0 Å². The standard InChI is InChI=1S/C15H17N3OS2.ClH/c1-9-17-12(8-20-9)14-4-10-7-18(3-2-13(10)21-14)15(19)11-5-16-6-11;/h4,8,11,16H,2-3,5-7H2,1H3;1H. The van der Waals surface area contributed by atoms with Gasteiger partial charge in [-0.3, -0.25) is 4.79 Å². The second-order valence-corrected chi connectivity index (χ2v) is 7.87. The Kier molecular flexibility index (Phi) is 4.54. The summed E-state index contributed by atoms with van der Waals surface area (Å²) < 4.78 is 0. The van der Waals surface area contributed by atoms with E-state index in [1.807, 2.05) is 23.2 Å². The minimum absolute atomic E-state index is 0. The minimum Gasteiger partial charge on any atom is -0.338 e. The van der Waals surface area contributed by atoms with E-state index in [2.05, 4.69) is 21.7 Å². The lowest BCUT2D eigenvalue weighted by molar-refractivity contribution is -0.138. The molecule has 0 spiro atoms. The molecule has 4 rings (SSSR count). The number of thiazole rings is 1. The fraction of sp³-hybridized carbons (Fsp3) is 0.467. The van der Waals surface area contributed by atoms with Crippen molar-refractivity contribution in [3.63, 3.8) is 0 Å². The maximum Gasteiger partial charge on any atom is 0.228 e. The quantitative estimate of drug-likeness (QED) is 0.900. The molecule has 2 aromatic rings. The highest BCUT2D eigenvalue weighted by molar-refractivity contribution is 7.16. The van der Waals surface area contributed by atoms with Gasteiger partial charge in [-0.2, -0.15) is 0 Å². The SMILES string of the molecule is Cc1nc(-c2cc3c(s2)CCN(C(=O)C2CNC2)C3)cs1.Cl. The van der Waals surface area contributed by atoms with Gasteiger partial charge >= 0.3 is 0 Å². The van der Waals surface area contributed by atoms with Crippen LogP contribution in [0.4, 0.5) is 0 Å². The van der Waals surface area contributed by atoms with Crippen molar-refractivity contribution in [2.24, 2.45) is 5.92 Å². The molecule has 0 aliphatic carbocycles. The van der Waals surface area contributed by atoms with Crippen molar-refractivity contribution < 1.29 is 4.79 Å². The first kappa shape index (κ1) is 15.9. The van der Waals surface area contributed by atoms with E-state index in [-0.39, 0.29) is 18.3 Å². The number of halogens is 1. The molecule has 4 heterocycles. The number of thiophene rings is 1. The number of carbonyl (C=O) groups excluding carboxylic acids is 1. The molecule has 0 unspecified atom stereocenters. The molecular formula is C15H18ClN3OS2. The average Bonchev–Trinajstić information content (AvgIpc) is 3.01. The van der Waals surface area contributed by atoms with E-state index < -0.39 is 0 Å². The van der Waals surface area contributed by atoms with Crippen molar-refractivity contribution >= 4 is 41.0 Å². The third-order valence-electron chi connectivity index (χ3n) is 4.18. The Morgan fingerprint density at radius 3 is 2.91 bits per heavy atom. The van der Waals surface area contributed by atoms with Gasteiger partial charge < -0.3 is 10.2 Å². The molecule has 0 radical (unpaired) electrons. The number of aryl methyl sites for hydroxylation is 1. The molecule has 1 N–H and O–H groups in total. The molecule has 22 heavy (non-hydrogen) atoms. The van der Waals surface area contributed by atoms with Crippen LogP contribution in [0.1, 0.15) is 15.4 Å². The van der Waals surface area contributed by atoms with Crippen molar-refractivity contribution in [3.05, 3.63) is 26.9 Å². The van der Waals surface area contributed by atoms with Crippen LogP contribution in [0.5, 0.6) is 0 Å². The van der Waals surface area contributed by atoms with Gasteiger partial charge in [0.25, 0.3) is 0 Å². The predicted octanol–water partition coefficient (Wildman–Crippen LogP) is 2.71. The smallest absolute Gasteiger partial charge is 0.228 e. The zero-order valence-corrected chi connectivity index (χ0v) is 14.7. The monoisotopic (exact) mass is 355 g/mol. The first-order chi connectivity index (χ1) is 10.2. The summed E-state index contributed by atoms with van der Waals surface area (Å²) in [7, 11) is 0. The highest BCUT2D eigenvalue weighted by Crippen LogP contribution is 2.35. The summed E-state index contributed by atoms with van der Waals surface area (Å²) in [6.07, 6.45) is 0.981. The van der Waals surface area contributed by atoms with E-state index in [0.717, 1.165) is 43.3 Å².